The molecular weight excluding hydrogens is 188 g/mol. The summed E-state index contributed by atoms with van der Waals surface area (Å²) in [6, 6.07) is 0. The fraction of sp³-hybridized carbons (Fsp3) is 0.750. The molecule has 0 fully saturated rings. The first-order chi connectivity index (χ1) is 6.76. The van der Waals surface area contributed by atoms with E-state index in [1.807, 2.05) is 13.8 Å². The Morgan fingerprint density at radius 1 is 1.40 bits per heavy atom. The molecule has 3 heteroatoms. The zero-order valence-corrected chi connectivity index (χ0v) is 10.7. The molecule has 0 heterocycles. The quantitative estimate of drug-likeness (QED) is 0.705. The van der Waals surface area contributed by atoms with E-state index in [9.17, 15) is 4.79 Å². The molecule has 0 atom stereocenters. The van der Waals surface area contributed by atoms with Gasteiger partial charge in [-0.2, -0.15) is 0 Å². The zero-order chi connectivity index (χ0) is 12.1. The number of amides is 1. The first-order valence-corrected chi connectivity index (χ1v) is 5.43. The summed E-state index contributed by atoms with van der Waals surface area (Å²) in [5.41, 5.74) is 0.999. The summed E-state index contributed by atoms with van der Waals surface area (Å²) >= 11 is 0. The number of nitrogens with one attached hydrogen (secondary N) is 1. The van der Waals surface area contributed by atoms with Gasteiger partial charge >= 0.3 is 0 Å². The van der Waals surface area contributed by atoms with Crippen LogP contribution in [0.2, 0.25) is 0 Å². The molecule has 0 rings (SSSR count). The summed E-state index contributed by atoms with van der Waals surface area (Å²) in [4.78, 5) is 13.6. The molecule has 1 N–H and O–H groups in total. The van der Waals surface area contributed by atoms with E-state index in [1.165, 1.54) is 0 Å². The molecule has 0 saturated heterocycles. The summed E-state index contributed by atoms with van der Waals surface area (Å²) in [5.74, 6) is 0.135. The van der Waals surface area contributed by atoms with Gasteiger partial charge in [-0.05, 0) is 34.6 Å². The number of carbonyl (C=O) groups excluding carboxylic acids is 1. The molecule has 88 valence electrons. The van der Waals surface area contributed by atoms with E-state index in [4.69, 9.17) is 0 Å². The lowest BCUT2D eigenvalue weighted by Crippen LogP contribution is -2.45. The molecule has 0 radical (unpaired) electrons. The summed E-state index contributed by atoms with van der Waals surface area (Å²) in [6.45, 7) is 15.7. The molecule has 0 aliphatic rings. The van der Waals surface area contributed by atoms with E-state index in [-0.39, 0.29) is 11.4 Å². The van der Waals surface area contributed by atoms with Crippen molar-refractivity contribution >= 4 is 5.91 Å². The van der Waals surface area contributed by atoms with Crippen molar-refractivity contribution in [2.45, 2.75) is 40.2 Å². The number of hydrogen-bond acceptors (Lipinski definition) is 2. The highest BCUT2D eigenvalue weighted by molar-refractivity contribution is 5.78. The fourth-order valence-electron chi connectivity index (χ4n) is 1.15. The number of rotatable bonds is 5. The third kappa shape index (κ3) is 7.14. The van der Waals surface area contributed by atoms with Gasteiger partial charge in [0.05, 0.1) is 6.54 Å². The van der Waals surface area contributed by atoms with Crippen LogP contribution in [-0.2, 0) is 4.79 Å². The van der Waals surface area contributed by atoms with Crippen LogP contribution in [0.25, 0.3) is 0 Å². The van der Waals surface area contributed by atoms with Crippen molar-refractivity contribution in [2.24, 2.45) is 0 Å². The normalized spacial score (nSPS) is 11.3. The Bertz CT molecular complexity index is 228. The van der Waals surface area contributed by atoms with E-state index < -0.39 is 0 Å². The number of carbonyl (C=O) groups is 1. The monoisotopic (exact) mass is 212 g/mol. The minimum atomic E-state index is -0.0156. The molecule has 0 aromatic rings. The van der Waals surface area contributed by atoms with Crippen LogP contribution in [0.1, 0.15) is 34.6 Å². The largest absolute Gasteiger partial charge is 0.338 e. The van der Waals surface area contributed by atoms with Crippen LogP contribution in [0, 0.1) is 0 Å². The Labute approximate surface area is 93.5 Å². The average molecular weight is 212 g/mol. The van der Waals surface area contributed by atoms with Gasteiger partial charge in [-0.3, -0.25) is 4.79 Å². The van der Waals surface area contributed by atoms with Gasteiger partial charge in [0.25, 0.3) is 0 Å². The van der Waals surface area contributed by atoms with E-state index in [2.05, 4.69) is 32.7 Å². The lowest BCUT2D eigenvalue weighted by atomic mass is 10.1. The van der Waals surface area contributed by atoms with Crippen molar-refractivity contribution in [3.8, 4) is 0 Å². The Morgan fingerprint density at radius 2 is 1.93 bits per heavy atom. The maximum Gasteiger partial charge on any atom is 0.236 e. The van der Waals surface area contributed by atoms with Crippen molar-refractivity contribution in [3.05, 3.63) is 12.2 Å². The van der Waals surface area contributed by atoms with Crippen molar-refractivity contribution in [1.29, 1.82) is 0 Å². The zero-order valence-electron chi connectivity index (χ0n) is 10.7. The van der Waals surface area contributed by atoms with Gasteiger partial charge in [0.1, 0.15) is 0 Å². The molecule has 0 unspecified atom stereocenters. The van der Waals surface area contributed by atoms with Crippen LogP contribution >= 0.6 is 0 Å². The average Bonchev–Trinajstić information content (AvgIpc) is 2.08. The van der Waals surface area contributed by atoms with Gasteiger partial charge in [0.15, 0.2) is 0 Å². The molecule has 0 bridgehead atoms. The van der Waals surface area contributed by atoms with Gasteiger partial charge in [0.2, 0.25) is 5.91 Å². The number of likely N-dealkylation sites (N-methyl/N-ethyl adjacent to an activating group) is 1. The highest BCUT2D eigenvalue weighted by Crippen LogP contribution is 2.00. The second kappa shape index (κ2) is 5.91. The van der Waals surface area contributed by atoms with E-state index >= 15 is 0 Å². The first kappa shape index (κ1) is 14.2. The minimum absolute atomic E-state index is 0.0156. The SMILES string of the molecule is C=C(C)CN(CC)C(=O)CNC(C)(C)C. The van der Waals surface area contributed by atoms with Crippen LogP contribution in [0.15, 0.2) is 12.2 Å². The van der Waals surface area contributed by atoms with E-state index in [1.54, 1.807) is 4.90 Å². The fourth-order valence-corrected chi connectivity index (χ4v) is 1.15. The molecule has 0 aromatic heterocycles. The predicted molar refractivity (Wildman–Crippen MR) is 64.8 cm³/mol. The molecule has 0 aliphatic carbocycles. The molecule has 0 aliphatic heterocycles. The van der Waals surface area contributed by atoms with Crippen molar-refractivity contribution in [1.82, 2.24) is 10.2 Å². The van der Waals surface area contributed by atoms with Crippen molar-refractivity contribution < 1.29 is 4.79 Å². The van der Waals surface area contributed by atoms with Crippen LogP contribution in [0.4, 0.5) is 0 Å². The number of nitrogens with zero attached hydrogens (tertiary/aromatic N) is 1. The molecule has 1 amide bonds. The Kier molecular flexibility index (Phi) is 5.58. The predicted octanol–water partition coefficient (Wildman–Crippen LogP) is 1.80. The summed E-state index contributed by atoms with van der Waals surface area (Å²) in [7, 11) is 0. The van der Waals surface area contributed by atoms with Crippen LogP contribution < -0.4 is 5.32 Å². The van der Waals surface area contributed by atoms with Crippen LogP contribution in [0.3, 0.4) is 0 Å². The Morgan fingerprint density at radius 3 is 2.27 bits per heavy atom. The summed E-state index contributed by atoms with van der Waals surface area (Å²) < 4.78 is 0. The molecule has 0 spiro atoms. The summed E-state index contributed by atoms with van der Waals surface area (Å²) in [5, 5.41) is 3.19. The molecule has 0 saturated carbocycles. The maximum absolute atomic E-state index is 11.8. The first-order valence-electron chi connectivity index (χ1n) is 5.43. The lowest BCUT2D eigenvalue weighted by molar-refractivity contribution is -0.129. The maximum atomic E-state index is 11.8. The van der Waals surface area contributed by atoms with Gasteiger partial charge in [-0.15, -0.1) is 0 Å². The third-order valence-corrected chi connectivity index (χ3v) is 1.97. The van der Waals surface area contributed by atoms with Gasteiger partial charge < -0.3 is 10.2 Å². The van der Waals surface area contributed by atoms with Crippen molar-refractivity contribution in [2.75, 3.05) is 19.6 Å². The molecule has 15 heavy (non-hydrogen) atoms. The van der Waals surface area contributed by atoms with Gasteiger partial charge in [-0.25, -0.2) is 0 Å². The Hall–Kier alpha value is -0.830. The number of hydrogen-bond donors (Lipinski definition) is 1. The highest BCUT2D eigenvalue weighted by atomic mass is 16.2. The summed E-state index contributed by atoms with van der Waals surface area (Å²) in [6.07, 6.45) is 0. The topological polar surface area (TPSA) is 32.3 Å². The van der Waals surface area contributed by atoms with E-state index in [0.717, 1.165) is 12.1 Å². The highest BCUT2D eigenvalue weighted by Gasteiger charge is 2.15. The standard InChI is InChI=1S/C12H24N2O/c1-7-14(9-10(2)3)11(15)8-13-12(4,5)6/h13H,2,7-9H2,1,3-6H3. The molecular formula is C12H24N2O. The van der Waals surface area contributed by atoms with Crippen LogP contribution in [0.5, 0.6) is 0 Å². The molecule has 3 nitrogen and oxygen atoms in total. The third-order valence-electron chi connectivity index (χ3n) is 1.97. The van der Waals surface area contributed by atoms with Crippen molar-refractivity contribution in [3.63, 3.8) is 0 Å². The van der Waals surface area contributed by atoms with Gasteiger partial charge in [0, 0.05) is 18.6 Å². The minimum Gasteiger partial charge on any atom is -0.338 e. The van der Waals surface area contributed by atoms with E-state index in [0.29, 0.717) is 13.1 Å². The second-order valence-corrected chi connectivity index (χ2v) is 4.97. The van der Waals surface area contributed by atoms with Crippen LogP contribution in [-0.4, -0.2) is 36.0 Å². The molecule has 0 aromatic carbocycles. The Balaban J connectivity index is 4.11. The van der Waals surface area contributed by atoms with Gasteiger partial charge in [-0.1, -0.05) is 12.2 Å². The smallest absolute Gasteiger partial charge is 0.236 e. The lowest BCUT2D eigenvalue weighted by Gasteiger charge is -2.25. The second-order valence-electron chi connectivity index (χ2n) is 4.97.